The first kappa shape index (κ1) is 11.0. The van der Waals surface area contributed by atoms with E-state index in [1.807, 2.05) is 0 Å². The van der Waals surface area contributed by atoms with Gasteiger partial charge in [0, 0.05) is 6.42 Å². The molecule has 1 atom stereocenters. The Balaban J connectivity index is 3.87. The van der Waals surface area contributed by atoms with Gasteiger partial charge >= 0.3 is 0 Å². The second-order valence-corrected chi connectivity index (χ2v) is 5.72. The topological polar surface area (TPSA) is 0 Å². The second kappa shape index (κ2) is 4.16. The minimum absolute atomic E-state index is 0.480. The molecule has 0 aromatic carbocycles. The fourth-order valence-corrected chi connectivity index (χ4v) is 1.76. The van der Waals surface area contributed by atoms with Gasteiger partial charge in [0.05, 0.1) is 3.74 Å². The van der Waals surface area contributed by atoms with Crippen molar-refractivity contribution in [3.63, 3.8) is 0 Å². The Morgan fingerprint density at radius 1 is 1.40 bits per heavy atom. The van der Waals surface area contributed by atoms with Gasteiger partial charge in [0.15, 0.2) is 0 Å². The Kier molecular flexibility index (Phi) is 4.60. The summed E-state index contributed by atoms with van der Waals surface area (Å²) in [7, 11) is 0. The lowest BCUT2D eigenvalue weighted by Crippen LogP contribution is -2.26. The normalized spacial score (nSPS) is 18.0. The van der Waals surface area contributed by atoms with Gasteiger partial charge in [-0.05, 0) is 0 Å². The van der Waals surface area contributed by atoms with Crippen molar-refractivity contribution in [3.8, 4) is 0 Å². The van der Waals surface area contributed by atoms with E-state index in [2.05, 4.69) is 31.9 Å². The van der Waals surface area contributed by atoms with Gasteiger partial charge in [-0.25, -0.2) is 13.2 Å². The number of hydrogen-bond donors (Lipinski definition) is 0. The van der Waals surface area contributed by atoms with Crippen molar-refractivity contribution in [1.82, 2.24) is 0 Å². The average molecular weight is 304 g/mol. The van der Waals surface area contributed by atoms with Crippen molar-refractivity contribution in [1.29, 1.82) is 0 Å². The molecule has 0 radical (unpaired) electrons. The van der Waals surface area contributed by atoms with Crippen LogP contribution in [0.3, 0.4) is 0 Å². The van der Waals surface area contributed by atoms with Crippen LogP contribution in [-0.4, -0.2) is 15.3 Å². The van der Waals surface area contributed by atoms with E-state index in [-0.39, 0.29) is 0 Å². The number of alkyl halides is 6. The molecular weight excluding hydrogens is 300 g/mol. The molecule has 0 aliphatic carbocycles. The molecular formula is C4H4Br2ClF3. The van der Waals surface area contributed by atoms with Crippen LogP contribution in [0.15, 0.2) is 0 Å². The SMILES string of the molecule is FC(F)C(F)(Cl)CC(Br)Br. The summed E-state index contributed by atoms with van der Waals surface area (Å²) in [5, 5.41) is -2.93. The first-order valence-corrected chi connectivity index (χ1v) is 4.51. The van der Waals surface area contributed by atoms with E-state index in [0.717, 1.165) is 0 Å². The van der Waals surface area contributed by atoms with Crippen molar-refractivity contribution in [2.24, 2.45) is 0 Å². The van der Waals surface area contributed by atoms with Gasteiger partial charge in [0.1, 0.15) is 0 Å². The lowest BCUT2D eigenvalue weighted by Gasteiger charge is -2.16. The molecule has 0 spiro atoms. The van der Waals surface area contributed by atoms with Gasteiger partial charge in [-0.3, -0.25) is 0 Å². The minimum atomic E-state index is -3.16. The molecule has 0 fully saturated rings. The summed E-state index contributed by atoms with van der Waals surface area (Å²) < 4.78 is 35.1. The Morgan fingerprint density at radius 3 is 1.90 bits per heavy atom. The molecule has 0 N–H and O–H groups in total. The molecule has 0 bridgehead atoms. The van der Waals surface area contributed by atoms with Gasteiger partial charge < -0.3 is 0 Å². The highest BCUT2D eigenvalue weighted by atomic mass is 79.9. The van der Waals surface area contributed by atoms with Gasteiger partial charge in [-0.2, -0.15) is 0 Å². The van der Waals surface area contributed by atoms with E-state index in [0.29, 0.717) is 0 Å². The molecule has 6 heteroatoms. The maximum Gasteiger partial charge on any atom is 0.286 e. The monoisotopic (exact) mass is 302 g/mol. The molecule has 0 nitrogen and oxygen atoms in total. The van der Waals surface area contributed by atoms with Crippen LogP contribution < -0.4 is 0 Å². The molecule has 0 saturated carbocycles. The number of halogens is 6. The highest BCUT2D eigenvalue weighted by molar-refractivity contribution is 9.24. The van der Waals surface area contributed by atoms with Crippen molar-refractivity contribution >= 4 is 43.5 Å². The van der Waals surface area contributed by atoms with Crippen molar-refractivity contribution < 1.29 is 13.2 Å². The Morgan fingerprint density at radius 2 is 1.80 bits per heavy atom. The van der Waals surface area contributed by atoms with Crippen LogP contribution in [0.2, 0.25) is 0 Å². The van der Waals surface area contributed by atoms with Gasteiger partial charge in [-0.15, -0.1) is 0 Å². The summed E-state index contributed by atoms with van der Waals surface area (Å²) in [5.74, 6) is 0. The van der Waals surface area contributed by atoms with E-state index in [1.165, 1.54) is 0 Å². The highest BCUT2D eigenvalue weighted by Crippen LogP contribution is 2.34. The van der Waals surface area contributed by atoms with Crippen LogP contribution in [0.4, 0.5) is 13.2 Å². The molecule has 0 aromatic rings. The van der Waals surface area contributed by atoms with Crippen LogP contribution in [0.5, 0.6) is 0 Å². The van der Waals surface area contributed by atoms with Crippen molar-refractivity contribution in [2.45, 2.75) is 21.7 Å². The summed E-state index contributed by atoms with van der Waals surface area (Å²) in [4.78, 5) is 0. The zero-order valence-corrected chi connectivity index (χ0v) is 8.56. The van der Waals surface area contributed by atoms with Crippen LogP contribution in [0.1, 0.15) is 6.42 Å². The molecule has 62 valence electrons. The summed E-state index contributed by atoms with van der Waals surface area (Å²) in [6.07, 6.45) is -3.64. The lowest BCUT2D eigenvalue weighted by molar-refractivity contribution is 0.0198. The average Bonchev–Trinajstić information content (AvgIpc) is 1.60. The predicted molar refractivity (Wildman–Crippen MR) is 42.0 cm³/mol. The molecule has 0 aliphatic rings. The third-order valence-corrected chi connectivity index (χ3v) is 1.71. The maximum absolute atomic E-state index is 12.4. The van der Waals surface area contributed by atoms with Crippen LogP contribution in [0.25, 0.3) is 0 Å². The molecule has 10 heavy (non-hydrogen) atoms. The summed E-state index contributed by atoms with van der Waals surface area (Å²) in [6, 6.07) is 0. The zero-order valence-electron chi connectivity index (χ0n) is 4.63. The molecule has 1 unspecified atom stereocenters. The van der Waals surface area contributed by atoms with Gasteiger partial charge in [0.25, 0.3) is 6.43 Å². The first-order chi connectivity index (χ1) is 4.36. The standard InChI is InChI=1S/C4H4Br2ClF3/c5-2(6)1-4(7,10)3(8)9/h2-3H,1H2. The molecule has 0 heterocycles. The van der Waals surface area contributed by atoms with Gasteiger partial charge in [0.2, 0.25) is 5.13 Å². The van der Waals surface area contributed by atoms with Crippen molar-refractivity contribution in [2.75, 3.05) is 0 Å². The minimum Gasteiger partial charge on any atom is -0.220 e. The lowest BCUT2D eigenvalue weighted by atomic mass is 10.3. The number of hydrogen-bond acceptors (Lipinski definition) is 0. The fraction of sp³-hybridized carbons (Fsp3) is 1.00. The zero-order chi connectivity index (χ0) is 8.36. The summed E-state index contributed by atoms with van der Waals surface area (Å²) in [5.41, 5.74) is 0. The third-order valence-electron chi connectivity index (χ3n) is 0.746. The van der Waals surface area contributed by atoms with Crippen LogP contribution in [-0.2, 0) is 0 Å². The van der Waals surface area contributed by atoms with E-state index in [9.17, 15) is 13.2 Å². The first-order valence-electron chi connectivity index (χ1n) is 2.30. The highest BCUT2D eigenvalue weighted by Gasteiger charge is 2.39. The third kappa shape index (κ3) is 4.03. The van der Waals surface area contributed by atoms with E-state index < -0.39 is 21.7 Å². The Hall–Kier alpha value is 1.04. The quantitative estimate of drug-likeness (QED) is 0.698. The largest absolute Gasteiger partial charge is 0.286 e. The van der Waals surface area contributed by atoms with Gasteiger partial charge in [-0.1, -0.05) is 43.5 Å². The summed E-state index contributed by atoms with van der Waals surface area (Å²) >= 11 is 10.5. The fourth-order valence-electron chi connectivity index (χ4n) is 0.295. The Bertz CT molecular complexity index is 107. The Labute approximate surface area is 78.4 Å². The van der Waals surface area contributed by atoms with Crippen molar-refractivity contribution in [3.05, 3.63) is 0 Å². The number of rotatable bonds is 3. The van der Waals surface area contributed by atoms with E-state index in [4.69, 9.17) is 11.6 Å². The molecule has 0 aliphatic heterocycles. The molecule has 0 rings (SSSR count). The smallest absolute Gasteiger partial charge is 0.220 e. The molecule has 0 amide bonds. The van der Waals surface area contributed by atoms with E-state index >= 15 is 0 Å². The molecule has 0 saturated heterocycles. The predicted octanol–water partition coefficient (Wildman–Crippen LogP) is 3.66. The second-order valence-electron chi connectivity index (χ2n) is 1.66. The molecule has 0 aromatic heterocycles. The maximum atomic E-state index is 12.4. The van der Waals surface area contributed by atoms with E-state index in [1.54, 1.807) is 0 Å². The van der Waals surface area contributed by atoms with Crippen LogP contribution in [0, 0.1) is 0 Å². The summed E-state index contributed by atoms with van der Waals surface area (Å²) in [6.45, 7) is 0. The van der Waals surface area contributed by atoms with Crippen LogP contribution >= 0.6 is 43.5 Å².